The standard InChI is InChI=1S/C6H8O7.ClH.HI.3K.Mg/c7-3(8)1-6(13,5(11)12)2-4(9)10;;;;;;/h13H,1-2H2,(H,7,8)(H,9,10)(H,11,12);2*1H;;;;/q;;;3*+1;+2/p-5. The minimum Gasteiger partial charge on any atom is -1.00 e. The van der Waals surface area contributed by atoms with Gasteiger partial charge in [0.25, 0.3) is 0 Å². The van der Waals surface area contributed by atoms with Crippen LogP contribution in [0.3, 0.4) is 0 Å². The molecule has 0 saturated heterocycles. The largest absolute Gasteiger partial charge is 2.00 e. The van der Waals surface area contributed by atoms with Gasteiger partial charge < -0.3 is 71.2 Å². The van der Waals surface area contributed by atoms with Crippen molar-refractivity contribution in [2.24, 2.45) is 0 Å². The number of carboxylic acids is 3. The van der Waals surface area contributed by atoms with Gasteiger partial charge in [0.15, 0.2) is 0 Å². The van der Waals surface area contributed by atoms with Crippen molar-refractivity contribution in [3.63, 3.8) is 0 Å². The molecule has 7 nitrogen and oxygen atoms in total. The van der Waals surface area contributed by atoms with Crippen LogP contribution in [0.5, 0.6) is 0 Å². The SMILES string of the molecule is O=C([O-])CC(O)(CC(=O)[O-])C(=O)[O-].[Cl-].[I-].[K+].[K+].[K+].[Mg+2]. The first-order valence-corrected chi connectivity index (χ1v) is 3.11. The van der Waals surface area contributed by atoms with Crippen LogP contribution in [0, 0.1) is 0 Å². The first-order chi connectivity index (χ1) is 5.78. The second-order valence-corrected chi connectivity index (χ2v) is 2.42. The molecule has 13 heteroatoms. The molecule has 0 atom stereocenters. The molecule has 1 N–H and O–H groups in total. The quantitative estimate of drug-likeness (QED) is 0.297. The third-order valence-corrected chi connectivity index (χ3v) is 1.25. The molecule has 0 aromatic heterocycles. The normalized spacial score (nSPS) is 7.42. The van der Waals surface area contributed by atoms with E-state index in [0.717, 1.165) is 0 Å². The van der Waals surface area contributed by atoms with Crippen LogP contribution in [0.1, 0.15) is 12.8 Å². The zero-order chi connectivity index (χ0) is 10.6. The van der Waals surface area contributed by atoms with Gasteiger partial charge in [-0.2, -0.15) is 0 Å². The molecule has 0 saturated carbocycles. The summed E-state index contributed by atoms with van der Waals surface area (Å²) < 4.78 is 0. The molecule has 0 unspecified atom stereocenters. The van der Waals surface area contributed by atoms with Gasteiger partial charge in [0.1, 0.15) is 5.60 Å². The third-order valence-electron chi connectivity index (χ3n) is 1.25. The maximum absolute atomic E-state index is 10.1. The van der Waals surface area contributed by atoms with Crippen molar-refractivity contribution in [1.29, 1.82) is 0 Å². The Morgan fingerprint density at radius 2 is 1.11 bits per heavy atom. The summed E-state index contributed by atoms with van der Waals surface area (Å²) in [7, 11) is 0. The zero-order valence-electron chi connectivity index (χ0n) is 10.8. The van der Waals surface area contributed by atoms with Crippen molar-refractivity contribution in [3.8, 4) is 0 Å². The molecule has 0 rings (SSSR count). The van der Waals surface area contributed by atoms with E-state index in [0.29, 0.717) is 0 Å². The third kappa shape index (κ3) is 23.1. The molecule has 0 aliphatic rings. The smallest absolute Gasteiger partial charge is 1.00 e. The minimum absolute atomic E-state index is 0. The Kier molecular flexibility index (Phi) is 53.4. The predicted molar refractivity (Wildman–Crippen MR) is 35.0 cm³/mol. The maximum atomic E-state index is 10.1. The van der Waals surface area contributed by atoms with E-state index in [9.17, 15) is 29.7 Å². The summed E-state index contributed by atoms with van der Waals surface area (Å²) in [6.45, 7) is 0. The summed E-state index contributed by atoms with van der Waals surface area (Å²) in [6, 6.07) is 0. The van der Waals surface area contributed by atoms with Gasteiger partial charge in [0.05, 0.1) is 5.97 Å². The van der Waals surface area contributed by atoms with Crippen LogP contribution >= 0.6 is 0 Å². The maximum Gasteiger partial charge on any atom is 2.00 e. The van der Waals surface area contributed by atoms with Crippen molar-refractivity contribution < 1.29 is 225 Å². The van der Waals surface area contributed by atoms with Crippen molar-refractivity contribution >= 4 is 41.0 Å². The second-order valence-electron chi connectivity index (χ2n) is 2.42. The van der Waals surface area contributed by atoms with Crippen molar-refractivity contribution in [1.82, 2.24) is 0 Å². The summed E-state index contributed by atoms with van der Waals surface area (Å²) in [6.07, 6.45) is -2.72. The second kappa shape index (κ2) is 23.1. The molecule has 0 aromatic carbocycles. The van der Waals surface area contributed by atoms with Crippen LogP contribution in [0.15, 0.2) is 0 Å². The molecule has 0 bridgehead atoms. The molecule has 0 spiro atoms. The van der Waals surface area contributed by atoms with E-state index in [-0.39, 0.29) is 214 Å². The number of aliphatic hydroxyl groups is 1. The average Bonchev–Trinajstić information content (AvgIpc) is 1.82. The Morgan fingerprint density at radius 1 is 0.895 bits per heavy atom. The molecule has 0 aliphatic heterocycles. The monoisotopic (exact) mass is 492 g/mol. The topological polar surface area (TPSA) is 141 Å². The number of carboxylic acid groups (broad SMARTS) is 3. The van der Waals surface area contributed by atoms with Crippen LogP contribution in [-0.2, 0) is 14.4 Å². The minimum atomic E-state index is -2.97. The van der Waals surface area contributed by atoms with Gasteiger partial charge in [-0.1, -0.05) is 0 Å². The molecule has 90 valence electrons. The average molecular weight is 493 g/mol. The van der Waals surface area contributed by atoms with E-state index in [4.69, 9.17) is 5.11 Å². The number of hydrogen-bond donors (Lipinski definition) is 1. The fourth-order valence-electron chi connectivity index (χ4n) is 0.684. The molecule has 0 aromatic rings. The Balaban J connectivity index is -0.0000000480. The summed E-state index contributed by atoms with van der Waals surface area (Å²) in [5.41, 5.74) is -2.97. The number of hydrogen-bond acceptors (Lipinski definition) is 7. The Bertz CT molecular complexity index is 255. The van der Waals surface area contributed by atoms with Crippen LogP contribution in [0.25, 0.3) is 0 Å². The van der Waals surface area contributed by atoms with Gasteiger partial charge in [-0.15, -0.1) is 0 Å². The zero-order valence-corrected chi connectivity index (χ0v) is 24.5. The van der Waals surface area contributed by atoms with Crippen LogP contribution in [0.2, 0.25) is 0 Å². The molecule has 19 heavy (non-hydrogen) atoms. The number of halogens is 2. The molecular formula is C6H5ClIK3MgO7. The first kappa shape index (κ1) is 44.0. The van der Waals surface area contributed by atoms with Gasteiger partial charge >= 0.3 is 177 Å². The predicted octanol–water partition coefficient (Wildman–Crippen LogP) is -20.6. The van der Waals surface area contributed by atoms with Crippen LogP contribution in [0.4, 0.5) is 0 Å². The Morgan fingerprint density at radius 3 is 1.21 bits per heavy atom. The Labute approximate surface area is 277 Å². The summed E-state index contributed by atoms with van der Waals surface area (Å²) >= 11 is 0. The van der Waals surface area contributed by atoms with E-state index < -0.39 is 36.4 Å². The summed E-state index contributed by atoms with van der Waals surface area (Å²) in [5.74, 6) is -5.98. The van der Waals surface area contributed by atoms with E-state index in [1.54, 1.807) is 0 Å². The Hall–Kier alpha value is 5.07. The van der Waals surface area contributed by atoms with Gasteiger partial charge in [-0.25, -0.2) is 0 Å². The molecule has 0 aliphatic carbocycles. The van der Waals surface area contributed by atoms with Gasteiger partial charge in [0.2, 0.25) is 0 Å². The number of aliphatic carboxylic acids is 3. The van der Waals surface area contributed by atoms with Gasteiger partial charge in [-0.3, -0.25) is 0 Å². The van der Waals surface area contributed by atoms with E-state index in [2.05, 4.69) is 0 Å². The number of carbonyl (C=O) groups excluding carboxylic acids is 3. The van der Waals surface area contributed by atoms with Crippen molar-refractivity contribution in [2.75, 3.05) is 0 Å². The molecule has 0 fully saturated rings. The molecular weight excluding hydrogens is 488 g/mol. The van der Waals surface area contributed by atoms with E-state index in [1.807, 2.05) is 0 Å². The molecule has 0 radical (unpaired) electrons. The van der Waals surface area contributed by atoms with Crippen molar-refractivity contribution in [2.45, 2.75) is 18.4 Å². The number of rotatable bonds is 5. The fourth-order valence-corrected chi connectivity index (χ4v) is 0.684. The van der Waals surface area contributed by atoms with E-state index >= 15 is 0 Å². The van der Waals surface area contributed by atoms with Crippen LogP contribution < -0.4 is 206 Å². The molecule has 0 heterocycles. The first-order valence-electron chi connectivity index (χ1n) is 3.11. The van der Waals surface area contributed by atoms with Gasteiger partial charge in [-0.05, 0) is 0 Å². The summed E-state index contributed by atoms with van der Waals surface area (Å²) in [4.78, 5) is 30.0. The number of carbonyl (C=O) groups is 3. The van der Waals surface area contributed by atoms with Crippen LogP contribution in [-0.4, -0.2) is 51.7 Å². The van der Waals surface area contributed by atoms with Crippen molar-refractivity contribution in [3.05, 3.63) is 0 Å². The molecule has 0 amide bonds. The summed E-state index contributed by atoms with van der Waals surface area (Å²) in [5, 5.41) is 38.9. The van der Waals surface area contributed by atoms with E-state index in [1.165, 1.54) is 0 Å². The fraction of sp³-hybridized carbons (Fsp3) is 0.500. The van der Waals surface area contributed by atoms with Gasteiger partial charge in [0, 0.05) is 24.8 Å².